The Labute approximate surface area is 192 Å². The number of anilines is 1. The zero-order valence-corrected chi connectivity index (χ0v) is 18.5. The second kappa shape index (κ2) is 8.15. The summed E-state index contributed by atoms with van der Waals surface area (Å²) in [6.07, 6.45) is 2.04. The van der Waals surface area contributed by atoms with Gasteiger partial charge in [0, 0.05) is 30.8 Å². The van der Waals surface area contributed by atoms with Gasteiger partial charge in [-0.2, -0.15) is 0 Å². The van der Waals surface area contributed by atoms with E-state index in [0.717, 1.165) is 12.8 Å². The average Bonchev–Trinajstić information content (AvgIpc) is 3.50. The van der Waals surface area contributed by atoms with E-state index in [1.54, 1.807) is 47.4 Å². The van der Waals surface area contributed by atoms with Crippen molar-refractivity contribution in [2.75, 3.05) is 24.6 Å². The predicted octanol–water partition coefficient (Wildman–Crippen LogP) is 3.20. The fraction of sp³-hybridized carbons (Fsp3) is 0.346. The number of aliphatic hydroxyl groups is 1. The van der Waals surface area contributed by atoms with E-state index < -0.39 is 17.2 Å². The highest BCUT2D eigenvalue weighted by atomic mass is 16.5. The molecule has 0 bridgehead atoms. The molecule has 7 heteroatoms. The first-order chi connectivity index (χ1) is 16.0. The summed E-state index contributed by atoms with van der Waals surface area (Å²) in [5.41, 5.74) is -0.314. The van der Waals surface area contributed by atoms with Crippen molar-refractivity contribution in [2.45, 2.75) is 37.8 Å². The van der Waals surface area contributed by atoms with Gasteiger partial charge in [-0.15, -0.1) is 0 Å². The Morgan fingerprint density at radius 3 is 2.52 bits per heavy atom. The van der Waals surface area contributed by atoms with Crippen LogP contribution in [-0.2, 0) is 24.7 Å². The third kappa shape index (κ3) is 3.03. The molecule has 2 amide bonds. The lowest BCUT2D eigenvalue weighted by molar-refractivity contribution is -0.145. The maximum Gasteiger partial charge on any atom is 0.296 e. The van der Waals surface area contributed by atoms with Gasteiger partial charge in [0.15, 0.2) is 5.54 Å². The zero-order valence-electron chi connectivity index (χ0n) is 18.5. The third-order valence-electron chi connectivity index (χ3n) is 6.71. The number of Topliss-reactive ketones (excluding diaryl/α,β-unsaturated/α-hetero) is 1. The number of hydrogen-bond acceptors (Lipinski definition) is 5. The molecule has 3 heterocycles. The van der Waals surface area contributed by atoms with Crippen LogP contribution in [0.5, 0.6) is 0 Å². The fourth-order valence-electron chi connectivity index (χ4n) is 5.30. The molecule has 1 spiro atoms. The third-order valence-corrected chi connectivity index (χ3v) is 6.71. The summed E-state index contributed by atoms with van der Waals surface area (Å²) in [7, 11) is 0. The summed E-state index contributed by atoms with van der Waals surface area (Å²) in [5, 5.41) is 11.4. The van der Waals surface area contributed by atoms with Crippen LogP contribution in [-0.4, -0.2) is 53.4 Å². The van der Waals surface area contributed by atoms with Gasteiger partial charge >= 0.3 is 0 Å². The number of carbonyl (C=O) groups is 3. The second-order valence-electron chi connectivity index (χ2n) is 8.65. The normalized spacial score (nSPS) is 26.0. The maximum atomic E-state index is 14.2. The number of likely N-dealkylation sites (tertiary alicyclic amines) is 1. The molecule has 7 nitrogen and oxygen atoms in total. The van der Waals surface area contributed by atoms with Gasteiger partial charge in [-0.25, -0.2) is 0 Å². The molecule has 2 saturated heterocycles. The summed E-state index contributed by atoms with van der Waals surface area (Å²) in [5.74, 6) is -2.37. The molecule has 1 N–H and O–H groups in total. The van der Waals surface area contributed by atoms with Crippen LogP contribution in [0.15, 0.2) is 60.2 Å². The SMILES string of the molecule is CCCN1C(=O)C2(/C(=C(\O)c3ccccc3)C(=O)C(=O)N2CC2CCCO2)c2ccccc21. The largest absolute Gasteiger partial charge is 0.507 e. The number of aliphatic hydroxyl groups excluding tert-OH is 1. The predicted molar refractivity (Wildman–Crippen MR) is 122 cm³/mol. The van der Waals surface area contributed by atoms with Gasteiger partial charge in [-0.3, -0.25) is 14.4 Å². The smallest absolute Gasteiger partial charge is 0.296 e. The van der Waals surface area contributed by atoms with Crippen LogP contribution in [0.1, 0.15) is 37.3 Å². The standard InChI is InChI=1S/C26H26N2O5/c1-2-14-27-20-13-7-6-12-19(20)26(25(27)32)21(22(29)17-9-4-3-5-10-17)23(30)24(31)28(26)16-18-11-8-15-33-18/h3-7,9-10,12-13,18,29H,2,8,11,14-16H2,1H3/b22-21-. The van der Waals surface area contributed by atoms with E-state index in [-0.39, 0.29) is 29.9 Å². The molecule has 3 aliphatic rings. The number of ether oxygens (including phenoxy) is 1. The molecule has 2 unspecified atom stereocenters. The number of rotatable bonds is 5. The Balaban J connectivity index is 1.79. The van der Waals surface area contributed by atoms with Crippen LogP contribution in [0.3, 0.4) is 0 Å². The van der Waals surface area contributed by atoms with Crippen molar-refractivity contribution >= 4 is 29.0 Å². The Morgan fingerprint density at radius 1 is 1.09 bits per heavy atom. The minimum absolute atomic E-state index is 0.107. The highest BCUT2D eigenvalue weighted by molar-refractivity contribution is 6.50. The number of nitrogens with zero attached hydrogens (tertiary/aromatic N) is 2. The Bertz CT molecular complexity index is 1150. The van der Waals surface area contributed by atoms with Crippen molar-refractivity contribution in [1.82, 2.24) is 4.90 Å². The minimum atomic E-state index is -1.72. The molecule has 170 valence electrons. The molecule has 2 atom stereocenters. The van der Waals surface area contributed by atoms with E-state index in [1.807, 2.05) is 19.1 Å². The molecule has 0 saturated carbocycles. The van der Waals surface area contributed by atoms with Crippen LogP contribution in [0.4, 0.5) is 5.69 Å². The van der Waals surface area contributed by atoms with Crippen molar-refractivity contribution in [3.8, 4) is 0 Å². The number of hydrogen-bond donors (Lipinski definition) is 1. The summed E-state index contributed by atoms with van der Waals surface area (Å²) in [6.45, 7) is 3.09. The molecule has 2 aromatic rings. The molecular formula is C26H26N2O5. The number of ketones is 1. The summed E-state index contributed by atoms with van der Waals surface area (Å²) in [4.78, 5) is 44.1. The van der Waals surface area contributed by atoms with Gasteiger partial charge < -0.3 is 19.6 Å². The van der Waals surface area contributed by atoms with Gasteiger partial charge in [-0.05, 0) is 25.3 Å². The first-order valence-corrected chi connectivity index (χ1v) is 11.4. The first-order valence-electron chi connectivity index (χ1n) is 11.4. The summed E-state index contributed by atoms with van der Waals surface area (Å²) < 4.78 is 5.77. The van der Waals surface area contributed by atoms with E-state index in [2.05, 4.69) is 0 Å². The lowest BCUT2D eigenvalue weighted by atomic mass is 9.81. The van der Waals surface area contributed by atoms with Gasteiger partial charge in [-0.1, -0.05) is 55.5 Å². The van der Waals surface area contributed by atoms with Crippen LogP contribution in [0.25, 0.3) is 5.76 Å². The van der Waals surface area contributed by atoms with Crippen LogP contribution >= 0.6 is 0 Å². The molecule has 5 rings (SSSR count). The van der Waals surface area contributed by atoms with Gasteiger partial charge in [0.25, 0.3) is 17.6 Å². The summed E-state index contributed by atoms with van der Waals surface area (Å²) in [6, 6.07) is 15.8. The topological polar surface area (TPSA) is 87.2 Å². The highest BCUT2D eigenvalue weighted by Gasteiger charge is 2.67. The van der Waals surface area contributed by atoms with Crippen molar-refractivity contribution in [2.24, 2.45) is 0 Å². The molecule has 0 radical (unpaired) electrons. The quantitative estimate of drug-likeness (QED) is 0.433. The van der Waals surface area contributed by atoms with Crippen molar-refractivity contribution < 1.29 is 24.2 Å². The molecule has 3 aliphatic heterocycles. The van der Waals surface area contributed by atoms with E-state index in [9.17, 15) is 19.5 Å². The van der Waals surface area contributed by atoms with Gasteiger partial charge in [0.1, 0.15) is 5.76 Å². The molecule has 2 aromatic carbocycles. The lowest BCUT2D eigenvalue weighted by Crippen LogP contribution is -2.53. The zero-order chi connectivity index (χ0) is 23.2. The number of para-hydroxylation sites is 1. The van der Waals surface area contributed by atoms with Crippen molar-refractivity contribution in [3.05, 3.63) is 71.3 Å². The molecule has 2 fully saturated rings. The van der Waals surface area contributed by atoms with Crippen LogP contribution < -0.4 is 4.90 Å². The molecule has 33 heavy (non-hydrogen) atoms. The van der Waals surface area contributed by atoms with Crippen molar-refractivity contribution in [1.29, 1.82) is 0 Å². The number of fused-ring (bicyclic) bond motifs is 2. The van der Waals surface area contributed by atoms with Gasteiger partial charge in [0.2, 0.25) is 0 Å². The van der Waals surface area contributed by atoms with Gasteiger partial charge in [0.05, 0.1) is 17.4 Å². The van der Waals surface area contributed by atoms with Crippen molar-refractivity contribution in [3.63, 3.8) is 0 Å². The van der Waals surface area contributed by atoms with E-state index in [0.29, 0.717) is 36.4 Å². The fourth-order valence-corrected chi connectivity index (χ4v) is 5.30. The van der Waals surface area contributed by atoms with E-state index in [1.165, 1.54) is 4.90 Å². The van der Waals surface area contributed by atoms with E-state index in [4.69, 9.17) is 4.74 Å². The minimum Gasteiger partial charge on any atom is -0.507 e. The second-order valence-corrected chi connectivity index (χ2v) is 8.65. The number of carbonyl (C=O) groups excluding carboxylic acids is 3. The lowest BCUT2D eigenvalue weighted by Gasteiger charge is -2.35. The Morgan fingerprint density at radius 2 is 1.82 bits per heavy atom. The van der Waals surface area contributed by atoms with Crippen LogP contribution in [0, 0.1) is 0 Å². The van der Waals surface area contributed by atoms with E-state index >= 15 is 0 Å². The average molecular weight is 447 g/mol. The number of benzene rings is 2. The number of amides is 2. The Kier molecular flexibility index (Phi) is 5.29. The molecular weight excluding hydrogens is 420 g/mol. The maximum absolute atomic E-state index is 14.2. The Hall–Kier alpha value is -3.45. The molecule has 0 aliphatic carbocycles. The monoisotopic (exact) mass is 446 g/mol. The first kappa shape index (κ1) is 21.4. The highest BCUT2D eigenvalue weighted by Crippen LogP contribution is 2.53. The molecule has 0 aromatic heterocycles. The summed E-state index contributed by atoms with van der Waals surface area (Å²) >= 11 is 0. The van der Waals surface area contributed by atoms with Crippen LogP contribution in [0.2, 0.25) is 0 Å².